The lowest BCUT2D eigenvalue weighted by Gasteiger charge is -2.20. The van der Waals surface area contributed by atoms with E-state index < -0.39 is 5.82 Å². The molecule has 0 aromatic heterocycles. The zero-order chi connectivity index (χ0) is 18.2. The molecule has 134 valence electrons. The van der Waals surface area contributed by atoms with Crippen molar-refractivity contribution in [2.45, 2.75) is 13.5 Å². The number of benzene rings is 2. The van der Waals surface area contributed by atoms with Crippen molar-refractivity contribution in [3.05, 3.63) is 53.8 Å². The van der Waals surface area contributed by atoms with Crippen LogP contribution in [0.2, 0.25) is 0 Å². The normalized spacial score (nSPS) is 10.6. The molecular weight excluding hydrogens is 323 g/mol. The lowest BCUT2D eigenvalue weighted by molar-refractivity contribution is -0.117. The number of likely N-dealkylation sites (N-methyl/N-ethyl adjacent to an activating group) is 1. The summed E-state index contributed by atoms with van der Waals surface area (Å²) < 4.78 is 23.8. The molecule has 0 aliphatic heterocycles. The van der Waals surface area contributed by atoms with Crippen LogP contribution in [0.4, 0.5) is 10.1 Å². The Kier molecular flexibility index (Phi) is 6.77. The lowest BCUT2D eigenvalue weighted by atomic mass is 10.2. The lowest BCUT2D eigenvalue weighted by Crippen LogP contribution is -2.32. The van der Waals surface area contributed by atoms with Crippen LogP contribution in [-0.4, -0.2) is 38.1 Å². The molecular formula is C19H23FN2O3. The Balaban J connectivity index is 1.93. The zero-order valence-electron chi connectivity index (χ0n) is 14.7. The smallest absolute Gasteiger partial charge is 0.238 e. The maximum Gasteiger partial charge on any atom is 0.238 e. The molecule has 0 spiro atoms. The highest BCUT2D eigenvalue weighted by Crippen LogP contribution is 2.19. The number of carbonyl (C=O) groups excluding carboxylic acids is 1. The van der Waals surface area contributed by atoms with Crippen LogP contribution in [0.15, 0.2) is 42.5 Å². The predicted molar refractivity (Wildman–Crippen MR) is 95.5 cm³/mol. The largest absolute Gasteiger partial charge is 0.497 e. The van der Waals surface area contributed by atoms with Gasteiger partial charge in [0.15, 0.2) is 11.6 Å². The Bertz CT molecular complexity index is 704. The third-order valence-electron chi connectivity index (χ3n) is 3.81. The van der Waals surface area contributed by atoms with Crippen LogP contribution in [0.25, 0.3) is 0 Å². The molecule has 0 radical (unpaired) electrons. The molecule has 25 heavy (non-hydrogen) atoms. The van der Waals surface area contributed by atoms with Crippen molar-refractivity contribution in [2.24, 2.45) is 0 Å². The number of halogens is 1. The van der Waals surface area contributed by atoms with Gasteiger partial charge in [0.1, 0.15) is 5.75 Å². The number of hydrogen-bond acceptors (Lipinski definition) is 4. The molecule has 0 fully saturated rings. The van der Waals surface area contributed by atoms with E-state index in [1.54, 1.807) is 43.5 Å². The SMILES string of the molecule is CCN(CC(=O)Nc1ccc(OC)cc1)Cc1ccc(OC)c(F)c1. The number of rotatable bonds is 8. The minimum absolute atomic E-state index is 0.124. The van der Waals surface area contributed by atoms with Crippen LogP contribution < -0.4 is 14.8 Å². The van der Waals surface area contributed by atoms with E-state index in [0.717, 1.165) is 11.3 Å². The van der Waals surface area contributed by atoms with Gasteiger partial charge in [0.05, 0.1) is 20.8 Å². The van der Waals surface area contributed by atoms with Gasteiger partial charge in [-0.15, -0.1) is 0 Å². The van der Waals surface area contributed by atoms with E-state index in [1.807, 2.05) is 11.8 Å². The Morgan fingerprint density at radius 2 is 1.84 bits per heavy atom. The molecule has 2 aromatic rings. The van der Waals surface area contributed by atoms with Gasteiger partial charge in [-0.05, 0) is 48.5 Å². The number of ether oxygens (including phenoxy) is 2. The van der Waals surface area contributed by atoms with Crippen molar-refractivity contribution in [1.29, 1.82) is 0 Å². The van der Waals surface area contributed by atoms with Crippen molar-refractivity contribution < 1.29 is 18.7 Å². The summed E-state index contributed by atoms with van der Waals surface area (Å²) in [7, 11) is 3.02. The number of methoxy groups -OCH3 is 2. The van der Waals surface area contributed by atoms with Gasteiger partial charge >= 0.3 is 0 Å². The summed E-state index contributed by atoms with van der Waals surface area (Å²) in [5.41, 5.74) is 1.50. The first-order chi connectivity index (χ1) is 12.0. The summed E-state index contributed by atoms with van der Waals surface area (Å²) >= 11 is 0. The number of anilines is 1. The minimum Gasteiger partial charge on any atom is -0.497 e. The molecule has 0 unspecified atom stereocenters. The highest BCUT2D eigenvalue weighted by molar-refractivity contribution is 5.92. The van der Waals surface area contributed by atoms with Crippen molar-refractivity contribution in [3.63, 3.8) is 0 Å². The van der Waals surface area contributed by atoms with E-state index in [0.29, 0.717) is 18.8 Å². The molecule has 0 saturated heterocycles. The standard InChI is InChI=1S/C19H23FN2O3/c1-4-22(12-14-5-10-18(25-3)17(20)11-14)13-19(23)21-15-6-8-16(24-2)9-7-15/h5-11H,4,12-13H2,1-3H3,(H,21,23). The van der Waals surface area contributed by atoms with Crippen LogP contribution in [0.5, 0.6) is 11.5 Å². The Morgan fingerprint density at radius 3 is 2.40 bits per heavy atom. The maximum absolute atomic E-state index is 13.8. The van der Waals surface area contributed by atoms with Crippen molar-refractivity contribution in [2.75, 3.05) is 32.6 Å². The first-order valence-electron chi connectivity index (χ1n) is 8.04. The quantitative estimate of drug-likeness (QED) is 0.797. The van der Waals surface area contributed by atoms with E-state index >= 15 is 0 Å². The van der Waals surface area contributed by atoms with Gasteiger partial charge in [0.2, 0.25) is 5.91 Å². The Labute approximate surface area is 147 Å². The summed E-state index contributed by atoms with van der Waals surface area (Å²) in [6.45, 7) is 3.33. The number of nitrogens with one attached hydrogen (secondary N) is 1. The maximum atomic E-state index is 13.8. The van der Waals surface area contributed by atoms with Gasteiger partial charge in [0, 0.05) is 12.2 Å². The van der Waals surface area contributed by atoms with Crippen molar-refractivity contribution in [1.82, 2.24) is 4.90 Å². The first kappa shape index (κ1) is 18.7. The molecule has 1 amide bonds. The topological polar surface area (TPSA) is 50.8 Å². The second-order valence-corrected chi connectivity index (χ2v) is 5.55. The number of carbonyl (C=O) groups is 1. The van der Waals surface area contributed by atoms with E-state index in [9.17, 15) is 9.18 Å². The molecule has 0 aliphatic carbocycles. The van der Waals surface area contributed by atoms with E-state index in [1.165, 1.54) is 13.2 Å². The third kappa shape index (κ3) is 5.46. The number of hydrogen-bond donors (Lipinski definition) is 1. The molecule has 0 heterocycles. The summed E-state index contributed by atoms with van der Waals surface area (Å²) in [6.07, 6.45) is 0. The summed E-state index contributed by atoms with van der Waals surface area (Å²) in [5.74, 6) is 0.415. The van der Waals surface area contributed by atoms with Gasteiger partial charge in [0.25, 0.3) is 0 Å². The molecule has 6 heteroatoms. The molecule has 0 atom stereocenters. The molecule has 1 N–H and O–H groups in total. The number of nitrogens with zero attached hydrogens (tertiary/aromatic N) is 1. The molecule has 0 saturated carbocycles. The molecule has 0 bridgehead atoms. The van der Waals surface area contributed by atoms with Crippen LogP contribution >= 0.6 is 0 Å². The predicted octanol–water partition coefficient (Wildman–Crippen LogP) is 3.30. The fourth-order valence-corrected chi connectivity index (χ4v) is 2.42. The van der Waals surface area contributed by atoms with Gasteiger partial charge < -0.3 is 14.8 Å². The average molecular weight is 346 g/mol. The van der Waals surface area contributed by atoms with Crippen LogP contribution in [0.3, 0.4) is 0 Å². The van der Waals surface area contributed by atoms with Crippen LogP contribution in [0, 0.1) is 5.82 Å². The van der Waals surface area contributed by atoms with Gasteiger partial charge in [-0.1, -0.05) is 13.0 Å². The van der Waals surface area contributed by atoms with E-state index in [4.69, 9.17) is 9.47 Å². The summed E-state index contributed by atoms with van der Waals surface area (Å²) in [6, 6.07) is 12.0. The summed E-state index contributed by atoms with van der Waals surface area (Å²) in [4.78, 5) is 14.1. The van der Waals surface area contributed by atoms with E-state index in [-0.39, 0.29) is 18.2 Å². The van der Waals surface area contributed by atoms with Crippen LogP contribution in [0.1, 0.15) is 12.5 Å². The van der Waals surface area contributed by atoms with Gasteiger partial charge in [-0.2, -0.15) is 0 Å². The highest BCUT2D eigenvalue weighted by atomic mass is 19.1. The number of amides is 1. The summed E-state index contributed by atoms with van der Waals surface area (Å²) in [5, 5.41) is 2.84. The fraction of sp³-hybridized carbons (Fsp3) is 0.316. The van der Waals surface area contributed by atoms with Gasteiger partial charge in [-0.3, -0.25) is 9.69 Å². The molecule has 2 rings (SSSR count). The molecule has 5 nitrogen and oxygen atoms in total. The van der Waals surface area contributed by atoms with Gasteiger partial charge in [-0.25, -0.2) is 4.39 Å². The molecule has 0 aliphatic rings. The minimum atomic E-state index is -0.404. The van der Waals surface area contributed by atoms with Crippen LogP contribution in [-0.2, 0) is 11.3 Å². The monoisotopic (exact) mass is 346 g/mol. The third-order valence-corrected chi connectivity index (χ3v) is 3.81. The molecule has 2 aromatic carbocycles. The average Bonchev–Trinajstić information content (AvgIpc) is 2.62. The van der Waals surface area contributed by atoms with E-state index in [2.05, 4.69) is 5.32 Å². The van der Waals surface area contributed by atoms with Crippen molar-refractivity contribution >= 4 is 11.6 Å². The first-order valence-corrected chi connectivity index (χ1v) is 8.04. The fourth-order valence-electron chi connectivity index (χ4n) is 2.42. The Hall–Kier alpha value is -2.60. The second kappa shape index (κ2) is 9.03. The Morgan fingerprint density at radius 1 is 1.12 bits per heavy atom. The zero-order valence-corrected chi connectivity index (χ0v) is 14.7. The second-order valence-electron chi connectivity index (χ2n) is 5.55. The highest BCUT2D eigenvalue weighted by Gasteiger charge is 2.12. The van der Waals surface area contributed by atoms with Crippen molar-refractivity contribution in [3.8, 4) is 11.5 Å².